The van der Waals surface area contributed by atoms with Crippen LogP contribution >= 0.6 is 0 Å². The molecule has 0 aromatic carbocycles. The van der Waals surface area contributed by atoms with Crippen LogP contribution in [0.4, 0.5) is 10.6 Å². The van der Waals surface area contributed by atoms with Crippen molar-refractivity contribution in [2.75, 3.05) is 31.1 Å². The molecule has 0 radical (unpaired) electrons. The Kier molecular flexibility index (Phi) is 4.23. The minimum Gasteiger partial charge on any atom is -0.493 e. The zero-order valence-corrected chi connectivity index (χ0v) is 14.5. The molecular formula is C16H21N5O4. The molecule has 2 aromatic rings. The molecule has 0 saturated carbocycles. The lowest BCUT2D eigenvalue weighted by atomic mass is 10.2. The van der Waals surface area contributed by atoms with Crippen LogP contribution in [0.5, 0.6) is 5.88 Å². The quantitative estimate of drug-likeness (QED) is 0.816. The largest absolute Gasteiger partial charge is 0.493 e. The van der Waals surface area contributed by atoms with Crippen molar-refractivity contribution in [3.05, 3.63) is 28.8 Å². The van der Waals surface area contributed by atoms with E-state index in [0.717, 1.165) is 6.07 Å². The Balaban J connectivity index is 1.72. The predicted octanol–water partition coefficient (Wildman–Crippen LogP) is 0.852. The first-order valence-electron chi connectivity index (χ1n) is 8.04. The summed E-state index contributed by atoms with van der Waals surface area (Å²) in [6, 6.07) is 1.05. The van der Waals surface area contributed by atoms with Gasteiger partial charge in [0, 0.05) is 26.2 Å². The summed E-state index contributed by atoms with van der Waals surface area (Å²) in [5.41, 5.74) is -0.618. The number of anilines is 1. The van der Waals surface area contributed by atoms with E-state index in [-0.39, 0.29) is 23.2 Å². The number of carbonyl (C=O) groups excluding carboxylic acids is 1. The van der Waals surface area contributed by atoms with Gasteiger partial charge < -0.3 is 19.6 Å². The zero-order chi connectivity index (χ0) is 18.2. The molecule has 0 unspecified atom stereocenters. The van der Waals surface area contributed by atoms with E-state index in [1.807, 2.05) is 25.7 Å². The normalized spacial score (nSPS) is 15.5. The predicted molar refractivity (Wildman–Crippen MR) is 90.9 cm³/mol. The van der Waals surface area contributed by atoms with Crippen molar-refractivity contribution in [2.45, 2.75) is 26.4 Å². The molecule has 0 spiro atoms. The van der Waals surface area contributed by atoms with Crippen LogP contribution in [0.1, 0.15) is 20.8 Å². The lowest BCUT2D eigenvalue weighted by Gasteiger charge is -2.36. The van der Waals surface area contributed by atoms with Gasteiger partial charge in [-0.25, -0.2) is 9.78 Å². The van der Waals surface area contributed by atoms with Gasteiger partial charge in [-0.3, -0.25) is 9.20 Å². The van der Waals surface area contributed by atoms with Crippen molar-refractivity contribution >= 4 is 17.6 Å². The van der Waals surface area contributed by atoms with E-state index in [4.69, 9.17) is 4.74 Å². The highest BCUT2D eigenvalue weighted by atomic mass is 16.6. The van der Waals surface area contributed by atoms with Crippen LogP contribution in [-0.2, 0) is 4.74 Å². The zero-order valence-electron chi connectivity index (χ0n) is 14.5. The summed E-state index contributed by atoms with van der Waals surface area (Å²) in [6.07, 6.45) is 2.71. The van der Waals surface area contributed by atoms with E-state index in [1.54, 1.807) is 11.1 Å². The molecule has 3 heterocycles. The fourth-order valence-corrected chi connectivity index (χ4v) is 2.60. The Morgan fingerprint density at radius 3 is 2.56 bits per heavy atom. The third-order valence-corrected chi connectivity index (χ3v) is 3.78. The Hall–Kier alpha value is -2.84. The highest BCUT2D eigenvalue weighted by Gasteiger charge is 2.26. The number of nitrogens with zero attached hydrogens (tertiary/aromatic N) is 5. The van der Waals surface area contributed by atoms with Crippen LogP contribution in [-0.4, -0.2) is 62.2 Å². The molecule has 1 amide bonds. The molecule has 9 nitrogen and oxygen atoms in total. The second-order valence-electron chi connectivity index (χ2n) is 6.88. The fraction of sp³-hybridized carbons (Fsp3) is 0.500. The first-order valence-corrected chi connectivity index (χ1v) is 8.04. The average molecular weight is 347 g/mol. The standard InChI is InChI=1S/C16H21N5O4/c1-16(2,3)25-15(24)20-6-4-19(5-7-20)12-10-21-11(9-17-12)18-13(22)8-14(21)23/h8-10,22H,4-7H2,1-3H3. The molecule has 3 rings (SSSR count). The second kappa shape index (κ2) is 6.23. The van der Waals surface area contributed by atoms with Crippen molar-refractivity contribution in [1.82, 2.24) is 19.3 Å². The Morgan fingerprint density at radius 1 is 1.24 bits per heavy atom. The molecule has 0 bridgehead atoms. The molecule has 0 aliphatic carbocycles. The molecule has 1 aliphatic rings. The van der Waals surface area contributed by atoms with Gasteiger partial charge in [-0.15, -0.1) is 0 Å². The molecule has 1 fully saturated rings. The van der Waals surface area contributed by atoms with E-state index in [2.05, 4.69) is 9.97 Å². The van der Waals surface area contributed by atoms with Gasteiger partial charge in [-0.05, 0) is 20.8 Å². The number of aromatic hydroxyl groups is 1. The second-order valence-corrected chi connectivity index (χ2v) is 6.88. The van der Waals surface area contributed by atoms with Crippen LogP contribution < -0.4 is 10.5 Å². The van der Waals surface area contributed by atoms with E-state index in [0.29, 0.717) is 32.0 Å². The average Bonchev–Trinajstić information content (AvgIpc) is 2.53. The lowest BCUT2D eigenvalue weighted by Crippen LogP contribution is -2.50. The molecule has 25 heavy (non-hydrogen) atoms. The SMILES string of the molecule is CC(C)(C)OC(=O)N1CCN(c2cn3c(=O)cc(O)nc3cn2)CC1. The number of rotatable bonds is 1. The Labute approximate surface area is 144 Å². The fourth-order valence-electron chi connectivity index (χ4n) is 2.60. The van der Waals surface area contributed by atoms with E-state index >= 15 is 0 Å². The molecule has 0 atom stereocenters. The smallest absolute Gasteiger partial charge is 0.410 e. The van der Waals surface area contributed by atoms with Crippen molar-refractivity contribution in [2.24, 2.45) is 0 Å². The van der Waals surface area contributed by atoms with Gasteiger partial charge in [0.2, 0.25) is 5.88 Å². The van der Waals surface area contributed by atoms with Gasteiger partial charge in [0.25, 0.3) is 5.56 Å². The first-order chi connectivity index (χ1) is 11.7. The summed E-state index contributed by atoms with van der Waals surface area (Å²) in [6.45, 7) is 7.70. The monoisotopic (exact) mass is 347 g/mol. The molecule has 2 aromatic heterocycles. The maximum Gasteiger partial charge on any atom is 0.410 e. The minimum atomic E-state index is -0.520. The van der Waals surface area contributed by atoms with E-state index in [9.17, 15) is 14.7 Å². The number of piperazine rings is 1. The summed E-state index contributed by atoms with van der Waals surface area (Å²) >= 11 is 0. The Morgan fingerprint density at radius 2 is 1.92 bits per heavy atom. The maximum atomic E-state index is 12.1. The van der Waals surface area contributed by atoms with Crippen LogP contribution in [0.15, 0.2) is 23.3 Å². The molecule has 1 N–H and O–H groups in total. The highest BCUT2D eigenvalue weighted by Crippen LogP contribution is 2.16. The summed E-state index contributed by atoms with van der Waals surface area (Å²) in [4.78, 5) is 35.9. The van der Waals surface area contributed by atoms with Crippen molar-refractivity contribution < 1.29 is 14.6 Å². The lowest BCUT2D eigenvalue weighted by molar-refractivity contribution is 0.0240. The summed E-state index contributed by atoms with van der Waals surface area (Å²) in [5.74, 6) is 0.288. The van der Waals surface area contributed by atoms with Crippen molar-refractivity contribution in [3.63, 3.8) is 0 Å². The Bertz CT molecular complexity index is 850. The molecule has 134 valence electrons. The van der Waals surface area contributed by atoms with Crippen molar-refractivity contribution in [3.8, 4) is 5.88 Å². The van der Waals surface area contributed by atoms with E-state index < -0.39 is 5.60 Å². The van der Waals surface area contributed by atoms with Gasteiger partial charge in [-0.2, -0.15) is 4.98 Å². The van der Waals surface area contributed by atoms with Gasteiger partial charge >= 0.3 is 6.09 Å². The molecule has 1 aliphatic heterocycles. The molecule has 1 saturated heterocycles. The number of hydrogen-bond acceptors (Lipinski definition) is 7. The minimum absolute atomic E-state index is 0.279. The summed E-state index contributed by atoms with van der Waals surface area (Å²) in [5, 5.41) is 9.38. The first kappa shape index (κ1) is 17.0. The van der Waals surface area contributed by atoms with Crippen LogP contribution in [0.2, 0.25) is 0 Å². The van der Waals surface area contributed by atoms with Gasteiger partial charge in [0.1, 0.15) is 11.4 Å². The number of hydrogen-bond donors (Lipinski definition) is 1. The van der Waals surface area contributed by atoms with Gasteiger partial charge in [-0.1, -0.05) is 0 Å². The molecular weight excluding hydrogens is 326 g/mol. The van der Waals surface area contributed by atoms with Gasteiger partial charge in [0.05, 0.1) is 18.5 Å². The summed E-state index contributed by atoms with van der Waals surface area (Å²) < 4.78 is 6.71. The topological polar surface area (TPSA) is 100 Å². The number of ether oxygens (including phenoxy) is 1. The van der Waals surface area contributed by atoms with Crippen LogP contribution in [0.25, 0.3) is 5.65 Å². The summed E-state index contributed by atoms with van der Waals surface area (Å²) in [7, 11) is 0. The number of carbonyl (C=O) groups is 1. The maximum absolute atomic E-state index is 12.1. The molecule has 9 heteroatoms. The van der Waals surface area contributed by atoms with Crippen LogP contribution in [0.3, 0.4) is 0 Å². The third kappa shape index (κ3) is 3.81. The number of fused-ring (bicyclic) bond motifs is 1. The number of aromatic nitrogens is 3. The van der Waals surface area contributed by atoms with Crippen LogP contribution in [0, 0.1) is 0 Å². The van der Waals surface area contributed by atoms with Crippen molar-refractivity contribution in [1.29, 1.82) is 0 Å². The highest BCUT2D eigenvalue weighted by molar-refractivity contribution is 5.68. The van der Waals surface area contributed by atoms with Gasteiger partial charge in [0.15, 0.2) is 5.65 Å². The number of amides is 1. The van der Waals surface area contributed by atoms with E-state index in [1.165, 1.54) is 10.6 Å². The third-order valence-electron chi connectivity index (χ3n) is 3.78.